The van der Waals surface area contributed by atoms with Crippen LogP contribution in [0.15, 0.2) is 170 Å². The zero-order valence-electron chi connectivity index (χ0n) is 25.5. The summed E-state index contributed by atoms with van der Waals surface area (Å²) in [6.07, 6.45) is 0. The van der Waals surface area contributed by atoms with E-state index < -0.39 is 0 Å². The number of aromatic nitrogens is 4. The summed E-state index contributed by atoms with van der Waals surface area (Å²) < 4.78 is 2.35. The first-order chi connectivity index (χ1) is 23.3. The summed E-state index contributed by atoms with van der Waals surface area (Å²) in [5.41, 5.74) is 8.59. The molecule has 0 atom stereocenters. The van der Waals surface area contributed by atoms with Gasteiger partial charge in [0.05, 0.1) is 11.0 Å². The number of nitrogens with zero attached hydrogens (tertiary/aromatic N) is 4. The van der Waals surface area contributed by atoms with Gasteiger partial charge in [0.25, 0.3) is 0 Å². The molecule has 0 fully saturated rings. The van der Waals surface area contributed by atoms with Gasteiger partial charge in [-0.15, -0.1) is 0 Å². The van der Waals surface area contributed by atoms with Crippen molar-refractivity contribution in [2.45, 2.75) is 0 Å². The fourth-order valence-electron chi connectivity index (χ4n) is 6.61. The Kier molecular flexibility index (Phi) is 6.43. The molecule has 0 unspecified atom stereocenters. The highest BCUT2D eigenvalue weighted by Crippen LogP contribution is 2.36. The van der Waals surface area contributed by atoms with Crippen molar-refractivity contribution in [3.05, 3.63) is 170 Å². The predicted octanol–water partition coefficient (Wildman–Crippen LogP) is 10.8. The van der Waals surface area contributed by atoms with Gasteiger partial charge in [-0.25, -0.2) is 15.0 Å². The molecule has 0 aliphatic carbocycles. The topological polar surface area (TPSA) is 43.6 Å². The van der Waals surface area contributed by atoms with Crippen LogP contribution in [0.5, 0.6) is 0 Å². The van der Waals surface area contributed by atoms with E-state index in [4.69, 9.17) is 15.0 Å². The van der Waals surface area contributed by atoms with E-state index >= 15 is 0 Å². The van der Waals surface area contributed by atoms with Gasteiger partial charge in [0.15, 0.2) is 17.5 Å². The third-order valence-corrected chi connectivity index (χ3v) is 8.84. The summed E-state index contributed by atoms with van der Waals surface area (Å²) in [6.45, 7) is 0. The number of hydrogen-bond acceptors (Lipinski definition) is 3. The number of rotatable bonds is 5. The third-order valence-electron chi connectivity index (χ3n) is 8.84. The average molecular weight is 601 g/mol. The zero-order chi connectivity index (χ0) is 31.2. The molecule has 47 heavy (non-hydrogen) atoms. The minimum absolute atomic E-state index is 0.638. The molecule has 0 bridgehead atoms. The third kappa shape index (κ3) is 4.75. The molecule has 0 saturated heterocycles. The standard InChI is InChI=1S/C43H28N4/c1-3-13-29(14-4-1)32-19-11-20-34(27-32)47-39-24-10-9-22-36(39)37-26-25-33(28-40(37)47)42-44-41(31-16-5-2-6-17-31)45-43(46-42)38-23-12-18-30-15-7-8-21-35(30)38/h1-28H. The number of para-hydroxylation sites is 1. The van der Waals surface area contributed by atoms with Crippen LogP contribution in [0.4, 0.5) is 0 Å². The molecular formula is C43H28N4. The average Bonchev–Trinajstić information content (AvgIpc) is 3.49. The normalized spacial score (nSPS) is 11.4. The Morgan fingerprint density at radius 2 is 0.936 bits per heavy atom. The van der Waals surface area contributed by atoms with E-state index in [1.807, 2.05) is 30.3 Å². The molecule has 2 heterocycles. The minimum Gasteiger partial charge on any atom is -0.309 e. The monoisotopic (exact) mass is 600 g/mol. The van der Waals surface area contributed by atoms with Crippen LogP contribution in [0, 0.1) is 0 Å². The molecule has 0 spiro atoms. The van der Waals surface area contributed by atoms with Crippen LogP contribution in [0.1, 0.15) is 0 Å². The molecule has 0 amide bonds. The maximum absolute atomic E-state index is 5.13. The van der Waals surface area contributed by atoms with Crippen LogP contribution in [0.2, 0.25) is 0 Å². The van der Waals surface area contributed by atoms with Crippen LogP contribution in [-0.2, 0) is 0 Å². The summed E-state index contributed by atoms with van der Waals surface area (Å²) >= 11 is 0. The number of fused-ring (bicyclic) bond motifs is 4. The molecule has 4 heteroatoms. The molecule has 220 valence electrons. The Hall–Kier alpha value is -6.39. The highest BCUT2D eigenvalue weighted by Gasteiger charge is 2.17. The Morgan fingerprint density at radius 1 is 0.340 bits per heavy atom. The highest BCUT2D eigenvalue weighted by atomic mass is 15.0. The second kappa shape index (κ2) is 11.2. The van der Waals surface area contributed by atoms with Crippen LogP contribution >= 0.6 is 0 Å². The van der Waals surface area contributed by atoms with Crippen LogP contribution in [0.25, 0.3) is 83.6 Å². The van der Waals surface area contributed by atoms with Gasteiger partial charge >= 0.3 is 0 Å². The van der Waals surface area contributed by atoms with Gasteiger partial charge in [0, 0.05) is 33.2 Å². The van der Waals surface area contributed by atoms with E-state index in [1.54, 1.807) is 0 Å². The van der Waals surface area contributed by atoms with Gasteiger partial charge in [-0.3, -0.25) is 0 Å². The minimum atomic E-state index is 0.638. The molecule has 4 nitrogen and oxygen atoms in total. The van der Waals surface area contributed by atoms with E-state index in [0.29, 0.717) is 17.5 Å². The first-order valence-corrected chi connectivity index (χ1v) is 15.8. The second-order valence-electron chi connectivity index (χ2n) is 11.7. The molecular weight excluding hydrogens is 573 g/mol. The fourth-order valence-corrected chi connectivity index (χ4v) is 6.61. The lowest BCUT2D eigenvalue weighted by Crippen LogP contribution is -2.01. The van der Waals surface area contributed by atoms with Gasteiger partial charge in [-0.05, 0) is 46.2 Å². The van der Waals surface area contributed by atoms with E-state index in [0.717, 1.165) is 44.2 Å². The van der Waals surface area contributed by atoms with E-state index in [9.17, 15) is 0 Å². The predicted molar refractivity (Wildman–Crippen MR) is 193 cm³/mol. The molecule has 9 aromatic rings. The zero-order valence-corrected chi connectivity index (χ0v) is 25.5. The molecule has 0 N–H and O–H groups in total. The maximum Gasteiger partial charge on any atom is 0.164 e. The first-order valence-electron chi connectivity index (χ1n) is 15.8. The Bertz CT molecular complexity index is 2560. The van der Waals surface area contributed by atoms with Crippen molar-refractivity contribution in [3.8, 4) is 51.0 Å². The van der Waals surface area contributed by atoms with E-state index in [1.165, 1.54) is 21.9 Å². The van der Waals surface area contributed by atoms with Crippen molar-refractivity contribution in [1.29, 1.82) is 0 Å². The summed E-state index contributed by atoms with van der Waals surface area (Å²) in [4.78, 5) is 15.2. The van der Waals surface area contributed by atoms with Crippen LogP contribution in [0.3, 0.4) is 0 Å². The second-order valence-corrected chi connectivity index (χ2v) is 11.7. The van der Waals surface area contributed by atoms with Gasteiger partial charge < -0.3 is 4.57 Å². The number of benzene rings is 7. The maximum atomic E-state index is 5.13. The van der Waals surface area contributed by atoms with Gasteiger partial charge in [-0.1, -0.05) is 146 Å². The fraction of sp³-hybridized carbons (Fsp3) is 0. The SMILES string of the molecule is c1ccc(-c2cccc(-n3c4ccccc4c4ccc(-c5nc(-c6ccccc6)nc(-c6cccc7ccccc67)n5)cc43)c2)cc1. The molecule has 0 saturated carbocycles. The summed E-state index contributed by atoms with van der Waals surface area (Å²) in [5, 5.41) is 4.65. The van der Waals surface area contributed by atoms with Gasteiger partial charge in [0.2, 0.25) is 0 Å². The molecule has 0 aliphatic heterocycles. The van der Waals surface area contributed by atoms with E-state index in [2.05, 4.69) is 144 Å². The van der Waals surface area contributed by atoms with Crippen molar-refractivity contribution in [2.75, 3.05) is 0 Å². The molecule has 0 aliphatic rings. The lowest BCUT2D eigenvalue weighted by atomic mass is 10.0. The Morgan fingerprint density at radius 3 is 1.77 bits per heavy atom. The van der Waals surface area contributed by atoms with Crippen molar-refractivity contribution >= 4 is 32.6 Å². The first kappa shape index (κ1) is 27.0. The van der Waals surface area contributed by atoms with Crippen molar-refractivity contribution in [1.82, 2.24) is 19.5 Å². The van der Waals surface area contributed by atoms with E-state index in [-0.39, 0.29) is 0 Å². The summed E-state index contributed by atoms with van der Waals surface area (Å²) in [5.74, 6) is 1.94. The van der Waals surface area contributed by atoms with Gasteiger partial charge in [0.1, 0.15) is 0 Å². The summed E-state index contributed by atoms with van der Waals surface area (Å²) in [7, 11) is 0. The highest BCUT2D eigenvalue weighted by molar-refractivity contribution is 6.10. The molecule has 2 aromatic heterocycles. The van der Waals surface area contributed by atoms with Crippen molar-refractivity contribution in [2.24, 2.45) is 0 Å². The number of hydrogen-bond donors (Lipinski definition) is 0. The quantitative estimate of drug-likeness (QED) is 0.197. The Balaban J connectivity index is 1.28. The molecule has 9 rings (SSSR count). The lowest BCUT2D eigenvalue weighted by molar-refractivity contribution is 1.08. The van der Waals surface area contributed by atoms with Crippen molar-refractivity contribution in [3.63, 3.8) is 0 Å². The van der Waals surface area contributed by atoms with Crippen LogP contribution < -0.4 is 0 Å². The van der Waals surface area contributed by atoms with Crippen molar-refractivity contribution < 1.29 is 0 Å². The van der Waals surface area contributed by atoms with Crippen LogP contribution in [-0.4, -0.2) is 19.5 Å². The smallest absolute Gasteiger partial charge is 0.164 e. The lowest BCUT2D eigenvalue weighted by Gasteiger charge is -2.12. The molecule has 0 radical (unpaired) electrons. The molecule has 7 aromatic carbocycles. The Labute approximate surface area is 272 Å². The summed E-state index contributed by atoms with van der Waals surface area (Å²) in [6, 6.07) is 59.2. The largest absolute Gasteiger partial charge is 0.309 e. The van der Waals surface area contributed by atoms with Gasteiger partial charge in [-0.2, -0.15) is 0 Å².